The Balaban J connectivity index is 0.00000338. The van der Waals surface area contributed by atoms with Gasteiger partial charge in [0.15, 0.2) is 0 Å². The smallest absolute Gasteiger partial charge is 0.227 e. The molecular formula is C20H32ClN3O2. The Morgan fingerprint density at radius 1 is 1.23 bits per heavy atom. The molecule has 1 aliphatic rings. The first-order chi connectivity index (χ1) is 11.8. The van der Waals surface area contributed by atoms with Crippen LogP contribution in [0.1, 0.15) is 49.8 Å². The number of amides is 2. The van der Waals surface area contributed by atoms with Crippen molar-refractivity contribution in [3.63, 3.8) is 0 Å². The molecule has 2 amide bonds. The average Bonchev–Trinajstić information content (AvgIpc) is 2.93. The Morgan fingerprint density at radius 3 is 2.23 bits per heavy atom. The van der Waals surface area contributed by atoms with E-state index in [1.807, 2.05) is 34.6 Å². The van der Waals surface area contributed by atoms with Crippen LogP contribution >= 0.6 is 12.4 Å². The van der Waals surface area contributed by atoms with Gasteiger partial charge in [-0.05, 0) is 44.7 Å². The molecule has 1 aromatic carbocycles. The van der Waals surface area contributed by atoms with Crippen molar-refractivity contribution in [3.8, 4) is 0 Å². The minimum atomic E-state index is -0.372. The third-order valence-electron chi connectivity index (χ3n) is 5.53. The van der Waals surface area contributed by atoms with Crippen LogP contribution in [0.3, 0.4) is 0 Å². The fourth-order valence-electron chi connectivity index (χ4n) is 3.83. The maximum Gasteiger partial charge on any atom is 0.227 e. The molecule has 0 aromatic heterocycles. The summed E-state index contributed by atoms with van der Waals surface area (Å²) in [4.78, 5) is 27.1. The number of benzene rings is 1. The maximum atomic E-state index is 12.7. The van der Waals surface area contributed by atoms with Crippen molar-refractivity contribution in [1.29, 1.82) is 0 Å². The predicted molar refractivity (Wildman–Crippen MR) is 109 cm³/mol. The van der Waals surface area contributed by atoms with Crippen molar-refractivity contribution in [3.05, 3.63) is 28.8 Å². The first-order valence-electron chi connectivity index (χ1n) is 9.17. The lowest BCUT2D eigenvalue weighted by atomic mass is 9.91. The fraction of sp³-hybridized carbons (Fsp3) is 0.600. The van der Waals surface area contributed by atoms with Crippen molar-refractivity contribution in [2.75, 3.05) is 18.0 Å². The molecule has 0 radical (unpaired) electrons. The highest BCUT2D eigenvalue weighted by atomic mass is 35.5. The molecule has 26 heavy (non-hydrogen) atoms. The number of nitrogens with zero attached hydrogens (tertiary/aromatic N) is 1. The van der Waals surface area contributed by atoms with Gasteiger partial charge in [0, 0.05) is 25.2 Å². The van der Waals surface area contributed by atoms with Crippen LogP contribution in [0.15, 0.2) is 12.1 Å². The van der Waals surface area contributed by atoms with E-state index in [9.17, 15) is 9.59 Å². The van der Waals surface area contributed by atoms with E-state index in [2.05, 4.69) is 17.4 Å². The number of carbonyl (C=O) groups excluding carboxylic acids is 2. The van der Waals surface area contributed by atoms with Gasteiger partial charge < -0.3 is 16.0 Å². The van der Waals surface area contributed by atoms with Crippen molar-refractivity contribution in [2.45, 2.75) is 59.4 Å². The van der Waals surface area contributed by atoms with Gasteiger partial charge in [-0.1, -0.05) is 31.5 Å². The summed E-state index contributed by atoms with van der Waals surface area (Å²) in [6.07, 6.45) is 1.82. The number of aryl methyl sites for hydroxylation is 3. The minimum absolute atomic E-state index is 0. The van der Waals surface area contributed by atoms with Crippen LogP contribution in [-0.4, -0.2) is 30.4 Å². The van der Waals surface area contributed by atoms with E-state index in [0.29, 0.717) is 13.1 Å². The number of halogens is 1. The first kappa shape index (κ1) is 22.5. The zero-order valence-corrected chi connectivity index (χ0v) is 17.3. The molecule has 2 rings (SSSR count). The molecule has 1 atom stereocenters. The molecule has 6 heteroatoms. The topological polar surface area (TPSA) is 75.4 Å². The number of hydrogen-bond donors (Lipinski definition) is 2. The molecular weight excluding hydrogens is 350 g/mol. The van der Waals surface area contributed by atoms with Crippen LogP contribution in [0, 0.1) is 26.7 Å². The van der Waals surface area contributed by atoms with Crippen LogP contribution in [0.25, 0.3) is 0 Å². The number of anilines is 1. The van der Waals surface area contributed by atoms with Gasteiger partial charge in [-0.15, -0.1) is 12.4 Å². The van der Waals surface area contributed by atoms with Crippen LogP contribution in [0.5, 0.6) is 0 Å². The van der Waals surface area contributed by atoms with Gasteiger partial charge >= 0.3 is 0 Å². The second kappa shape index (κ2) is 8.87. The standard InChI is InChI=1S/C20H31N3O2.ClH/c1-6-20(7-2,12-21)22-19(25)16-10-17(24)23(11-16)18-14(4)8-13(3)9-15(18)5;/h8-9,16H,6-7,10-12,21H2,1-5H3,(H,22,25);1H. The second-order valence-electron chi connectivity index (χ2n) is 7.33. The van der Waals surface area contributed by atoms with Crippen LogP contribution in [0.4, 0.5) is 5.69 Å². The minimum Gasteiger partial charge on any atom is -0.349 e. The molecule has 1 aliphatic heterocycles. The lowest BCUT2D eigenvalue weighted by molar-refractivity contribution is -0.128. The quantitative estimate of drug-likeness (QED) is 0.795. The van der Waals surface area contributed by atoms with Crippen molar-refractivity contribution < 1.29 is 9.59 Å². The van der Waals surface area contributed by atoms with Gasteiger partial charge in [-0.3, -0.25) is 9.59 Å². The zero-order valence-electron chi connectivity index (χ0n) is 16.5. The third kappa shape index (κ3) is 4.38. The van der Waals surface area contributed by atoms with Crippen molar-refractivity contribution in [2.24, 2.45) is 11.7 Å². The third-order valence-corrected chi connectivity index (χ3v) is 5.53. The number of rotatable bonds is 6. The molecule has 0 bridgehead atoms. The summed E-state index contributed by atoms with van der Waals surface area (Å²) < 4.78 is 0. The highest BCUT2D eigenvalue weighted by Gasteiger charge is 2.38. The van der Waals surface area contributed by atoms with Gasteiger partial charge in [0.25, 0.3) is 0 Å². The fourth-order valence-corrected chi connectivity index (χ4v) is 3.83. The van der Waals surface area contributed by atoms with E-state index in [1.54, 1.807) is 4.90 Å². The molecule has 0 aliphatic carbocycles. The normalized spacial score (nSPS) is 17.2. The number of hydrogen-bond acceptors (Lipinski definition) is 3. The Bertz CT molecular complexity index is 640. The molecule has 1 unspecified atom stereocenters. The van der Waals surface area contributed by atoms with E-state index in [1.165, 1.54) is 5.56 Å². The summed E-state index contributed by atoms with van der Waals surface area (Å²) in [6.45, 7) is 11.0. The molecule has 1 aromatic rings. The molecule has 3 N–H and O–H groups in total. The Labute approximate surface area is 163 Å². The second-order valence-corrected chi connectivity index (χ2v) is 7.33. The Kier molecular flexibility index (Phi) is 7.66. The first-order valence-corrected chi connectivity index (χ1v) is 9.17. The number of nitrogens with two attached hydrogens (primary N) is 1. The lowest BCUT2D eigenvalue weighted by Gasteiger charge is -2.32. The lowest BCUT2D eigenvalue weighted by Crippen LogP contribution is -2.54. The molecule has 0 spiro atoms. The summed E-state index contributed by atoms with van der Waals surface area (Å²) in [5, 5.41) is 3.11. The van der Waals surface area contributed by atoms with Gasteiger partial charge in [0.1, 0.15) is 0 Å². The molecule has 5 nitrogen and oxygen atoms in total. The van der Waals surface area contributed by atoms with E-state index < -0.39 is 0 Å². The number of carbonyl (C=O) groups is 2. The molecule has 0 saturated carbocycles. The maximum absolute atomic E-state index is 12.7. The van der Waals surface area contributed by atoms with Crippen LogP contribution in [0.2, 0.25) is 0 Å². The number of nitrogens with one attached hydrogen (secondary N) is 1. The monoisotopic (exact) mass is 381 g/mol. The van der Waals surface area contributed by atoms with Gasteiger partial charge in [0.2, 0.25) is 11.8 Å². The van der Waals surface area contributed by atoms with Gasteiger partial charge in [0.05, 0.1) is 11.5 Å². The predicted octanol–water partition coefficient (Wildman–Crippen LogP) is 3.02. The zero-order chi connectivity index (χ0) is 18.8. The van der Waals surface area contributed by atoms with Gasteiger partial charge in [-0.25, -0.2) is 0 Å². The highest BCUT2D eigenvalue weighted by Crippen LogP contribution is 2.32. The molecule has 1 saturated heterocycles. The molecule has 146 valence electrons. The molecule has 1 heterocycles. The highest BCUT2D eigenvalue weighted by molar-refractivity contribution is 6.01. The summed E-state index contributed by atoms with van der Waals surface area (Å²) in [7, 11) is 0. The summed E-state index contributed by atoms with van der Waals surface area (Å²) in [6, 6.07) is 4.16. The molecule has 1 fully saturated rings. The SMILES string of the molecule is CCC(CC)(CN)NC(=O)C1CC(=O)N(c2c(C)cc(C)cc2C)C1.Cl. The average molecular weight is 382 g/mol. The van der Waals surface area contributed by atoms with Crippen molar-refractivity contribution >= 4 is 29.9 Å². The van der Waals surface area contributed by atoms with E-state index in [0.717, 1.165) is 29.7 Å². The summed E-state index contributed by atoms with van der Waals surface area (Å²) in [5.41, 5.74) is 9.79. The van der Waals surface area contributed by atoms with Gasteiger partial charge in [-0.2, -0.15) is 0 Å². The van der Waals surface area contributed by atoms with Crippen LogP contribution < -0.4 is 16.0 Å². The Morgan fingerprint density at radius 2 is 1.77 bits per heavy atom. The Hall–Kier alpha value is -1.59. The van der Waals surface area contributed by atoms with E-state index >= 15 is 0 Å². The van der Waals surface area contributed by atoms with E-state index in [-0.39, 0.29) is 42.1 Å². The largest absolute Gasteiger partial charge is 0.349 e. The van der Waals surface area contributed by atoms with Crippen LogP contribution in [-0.2, 0) is 9.59 Å². The van der Waals surface area contributed by atoms with Crippen molar-refractivity contribution in [1.82, 2.24) is 5.32 Å². The summed E-state index contributed by atoms with van der Waals surface area (Å²) in [5.74, 6) is -0.370. The summed E-state index contributed by atoms with van der Waals surface area (Å²) >= 11 is 0. The van der Waals surface area contributed by atoms with E-state index in [4.69, 9.17) is 5.73 Å².